The molecule has 2 heterocycles. The first-order valence-corrected chi connectivity index (χ1v) is 8.13. The molecular weight excluding hydrogens is 306 g/mol. The van der Waals surface area contributed by atoms with E-state index < -0.39 is 24.1 Å². The Kier molecular flexibility index (Phi) is 4.94. The second-order valence-electron chi connectivity index (χ2n) is 5.81. The summed E-state index contributed by atoms with van der Waals surface area (Å²) in [5, 5.41) is 2.92. The van der Waals surface area contributed by atoms with Crippen LogP contribution in [0.5, 0.6) is 0 Å². The number of rotatable bonds is 5. The summed E-state index contributed by atoms with van der Waals surface area (Å²) >= 11 is 1.21. The summed E-state index contributed by atoms with van der Waals surface area (Å²) in [6.07, 6.45) is 0.327. The first-order valence-electron chi connectivity index (χ1n) is 7.14. The van der Waals surface area contributed by atoms with Gasteiger partial charge in [0.1, 0.15) is 0 Å². The lowest BCUT2D eigenvalue weighted by Crippen LogP contribution is -2.63. The normalized spacial score (nSPS) is 24.5. The number of amides is 4. The second kappa shape index (κ2) is 6.55. The summed E-state index contributed by atoms with van der Waals surface area (Å²) in [4.78, 5) is 42.7. The molecule has 0 aromatic heterocycles. The number of thioether (sulfide) groups is 1. The number of nitrogens with two attached hydrogens (primary N) is 1. The fraction of sp³-hybridized carbons (Fsp3) is 0.692. The average molecular weight is 327 g/mol. The number of imide groups is 1. The number of aliphatic imine (C=N–C) groups is 1. The van der Waals surface area contributed by atoms with E-state index in [9.17, 15) is 14.4 Å². The number of likely N-dealkylation sites (N-methyl/N-ethyl adjacent to an activating group) is 1. The van der Waals surface area contributed by atoms with Gasteiger partial charge in [-0.1, -0.05) is 25.6 Å². The van der Waals surface area contributed by atoms with Gasteiger partial charge in [0, 0.05) is 13.6 Å². The lowest BCUT2D eigenvalue weighted by Gasteiger charge is -2.36. The van der Waals surface area contributed by atoms with E-state index in [1.54, 1.807) is 7.05 Å². The molecular formula is C13H21N5O3S. The Morgan fingerprint density at radius 1 is 1.45 bits per heavy atom. The third kappa shape index (κ3) is 3.34. The Morgan fingerprint density at radius 3 is 2.73 bits per heavy atom. The van der Waals surface area contributed by atoms with E-state index in [4.69, 9.17) is 5.73 Å². The highest BCUT2D eigenvalue weighted by atomic mass is 32.2. The van der Waals surface area contributed by atoms with Crippen molar-refractivity contribution in [3.8, 4) is 0 Å². The van der Waals surface area contributed by atoms with E-state index in [1.165, 1.54) is 16.7 Å². The third-order valence-corrected chi connectivity index (χ3v) is 4.64. The first-order chi connectivity index (χ1) is 10.3. The number of hydrogen-bond donors (Lipinski definition) is 2. The number of nitrogens with zero attached hydrogens (tertiary/aromatic N) is 3. The minimum atomic E-state index is -0.552. The van der Waals surface area contributed by atoms with Crippen LogP contribution in [0.4, 0.5) is 4.79 Å². The van der Waals surface area contributed by atoms with Gasteiger partial charge in [0.2, 0.25) is 5.91 Å². The summed E-state index contributed by atoms with van der Waals surface area (Å²) in [7, 11) is 1.60. The Bertz CT molecular complexity index is 522. The summed E-state index contributed by atoms with van der Waals surface area (Å²) in [6, 6.07) is -1.00. The van der Waals surface area contributed by atoms with Crippen LogP contribution in [-0.4, -0.2) is 64.4 Å². The molecule has 1 fully saturated rings. The minimum absolute atomic E-state index is 0.0930. The van der Waals surface area contributed by atoms with Gasteiger partial charge in [0.15, 0.2) is 17.4 Å². The fourth-order valence-electron chi connectivity index (χ4n) is 2.39. The third-order valence-electron chi connectivity index (χ3n) is 3.61. The molecule has 9 heteroatoms. The summed E-state index contributed by atoms with van der Waals surface area (Å²) in [5.74, 6) is -0.238. The predicted octanol–water partition coefficient (Wildman–Crippen LogP) is -0.201. The van der Waals surface area contributed by atoms with Crippen LogP contribution in [-0.2, 0) is 9.59 Å². The fourth-order valence-corrected chi connectivity index (χ4v) is 3.21. The number of carbonyl (C=O) groups is 3. The maximum Gasteiger partial charge on any atom is 0.325 e. The summed E-state index contributed by atoms with van der Waals surface area (Å²) in [5.41, 5.74) is 5.18. The molecule has 2 aliphatic heterocycles. The Labute approximate surface area is 133 Å². The number of primary amides is 1. The van der Waals surface area contributed by atoms with Crippen molar-refractivity contribution < 1.29 is 14.4 Å². The van der Waals surface area contributed by atoms with Crippen LogP contribution < -0.4 is 11.1 Å². The van der Waals surface area contributed by atoms with Crippen molar-refractivity contribution in [1.82, 2.24) is 15.1 Å². The largest absolute Gasteiger partial charge is 0.369 e. The van der Waals surface area contributed by atoms with Crippen LogP contribution >= 0.6 is 11.8 Å². The lowest BCUT2D eigenvalue weighted by atomic mass is 10.1. The summed E-state index contributed by atoms with van der Waals surface area (Å²) < 4.78 is 0. The molecule has 2 aliphatic rings. The van der Waals surface area contributed by atoms with Crippen LogP contribution in [0.1, 0.15) is 20.3 Å². The van der Waals surface area contributed by atoms with E-state index >= 15 is 0 Å². The predicted molar refractivity (Wildman–Crippen MR) is 84.1 cm³/mol. The second-order valence-corrected chi connectivity index (χ2v) is 6.75. The molecule has 0 radical (unpaired) electrons. The average Bonchev–Trinajstić information content (AvgIpc) is 2.79. The van der Waals surface area contributed by atoms with E-state index in [1.807, 2.05) is 4.90 Å². The van der Waals surface area contributed by atoms with E-state index in [0.29, 0.717) is 17.6 Å². The number of carbonyl (C=O) groups excluding carboxylic acids is 3. The first kappa shape index (κ1) is 16.6. The van der Waals surface area contributed by atoms with E-state index in [0.717, 1.165) is 6.42 Å². The standard InChI is InChI=1S/C13H21N5O3S/c1-7(2)4-5-18-9-10(15-13(18)22-6-8(14)19)17(3)12(21)16-11(9)20/h7,9-10H,4-6H2,1-3H3,(H2,14,19)(H,16,20,21). The highest BCUT2D eigenvalue weighted by Gasteiger charge is 2.48. The van der Waals surface area contributed by atoms with Crippen molar-refractivity contribution >= 4 is 34.8 Å². The van der Waals surface area contributed by atoms with Gasteiger partial charge in [-0.25, -0.2) is 9.79 Å². The Hall–Kier alpha value is -1.77. The minimum Gasteiger partial charge on any atom is -0.369 e. The number of urea groups is 1. The van der Waals surface area contributed by atoms with Gasteiger partial charge in [-0.3, -0.25) is 14.9 Å². The maximum atomic E-state index is 12.2. The highest BCUT2D eigenvalue weighted by molar-refractivity contribution is 8.14. The molecule has 0 bridgehead atoms. The lowest BCUT2D eigenvalue weighted by molar-refractivity contribution is -0.127. The molecule has 2 atom stereocenters. The monoisotopic (exact) mass is 327 g/mol. The van der Waals surface area contributed by atoms with Crippen LogP contribution in [0.25, 0.3) is 0 Å². The Balaban J connectivity index is 2.21. The van der Waals surface area contributed by atoms with Gasteiger partial charge in [-0.2, -0.15) is 0 Å². The smallest absolute Gasteiger partial charge is 0.325 e. The molecule has 3 N–H and O–H groups in total. The van der Waals surface area contributed by atoms with Crippen LogP contribution in [0, 0.1) is 5.92 Å². The van der Waals surface area contributed by atoms with Gasteiger partial charge < -0.3 is 15.5 Å². The molecule has 1 saturated heterocycles. The molecule has 2 rings (SSSR count). The molecule has 2 unspecified atom stereocenters. The number of hydrogen-bond acceptors (Lipinski definition) is 6. The van der Waals surface area contributed by atoms with Gasteiger partial charge >= 0.3 is 6.03 Å². The summed E-state index contributed by atoms with van der Waals surface area (Å²) in [6.45, 7) is 4.83. The quantitative estimate of drug-likeness (QED) is 0.727. The molecule has 0 aromatic rings. The Morgan fingerprint density at radius 2 is 2.14 bits per heavy atom. The number of fused-ring (bicyclic) bond motifs is 1. The van der Waals surface area contributed by atoms with E-state index in [-0.39, 0.29) is 11.7 Å². The van der Waals surface area contributed by atoms with Crippen LogP contribution in [0.15, 0.2) is 4.99 Å². The molecule has 22 heavy (non-hydrogen) atoms. The molecule has 0 aliphatic carbocycles. The topological polar surface area (TPSA) is 108 Å². The van der Waals surface area contributed by atoms with Crippen molar-refractivity contribution in [2.45, 2.75) is 32.5 Å². The van der Waals surface area contributed by atoms with Crippen molar-refractivity contribution in [2.75, 3.05) is 19.3 Å². The highest BCUT2D eigenvalue weighted by Crippen LogP contribution is 2.28. The molecule has 4 amide bonds. The van der Waals surface area contributed by atoms with Crippen molar-refractivity contribution in [3.63, 3.8) is 0 Å². The number of amidine groups is 1. The van der Waals surface area contributed by atoms with Gasteiger partial charge in [0.05, 0.1) is 5.75 Å². The van der Waals surface area contributed by atoms with Crippen molar-refractivity contribution in [3.05, 3.63) is 0 Å². The number of nitrogens with one attached hydrogen (secondary N) is 1. The zero-order valence-corrected chi connectivity index (χ0v) is 13.7. The van der Waals surface area contributed by atoms with Crippen molar-refractivity contribution in [2.24, 2.45) is 16.6 Å². The molecule has 0 saturated carbocycles. The SMILES string of the molecule is CC(C)CCN1C(SCC(N)=O)=NC2C1C(=O)NC(=O)N2C. The molecule has 0 aromatic carbocycles. The van der Waals surface area contributed by atoms with Crippen LogP contribution in [0.3, 0.4) is 0 Å². The van der Waals surface area contributed by atoms with Crippen LogP contribution in [0.2, 0.25) is 0 Å². The van der Waals surface area contributed by atoms with Gasteiger partial charge in [0.25, 0.3) is 5.91 Å². The zero-order valence-electron chi connectivity index (χ0n) is 12.9. The molecule has 122 valence electrons. The molecule has 8 nitrogen and oxygen atoms in total. The van der Waals surface area contributed by atoms with E-state index in [2.05, 4.69) is 24.2 Å². The van der Waals surface area contributed by atoms with Crippen molar-refractivity contribution in [1.29, 1.82) is 0 Å². The van der Waals surface area contributed by atoms with Gasteiger partial charge in [-0.05, 0) is 12.3 Å². The zero-order chi connectivity index (χ0) is 16.4. The maximum absolute atomic E-state index is 12.2. The molecule has 0 spiro atoms. The van der Waals surface area contributed by atoms with Gasteiger partial charge in [-0.15, -0.1) is 0 Å².